The number of hydrogen-bond acceptors (Lipinski definition) is 1. The van der Waals surface area contributed by atoms with Crippen molar-refractivity contribution < 1.29 is 0 Å². The molecule has 12 heavy (non-hydrogen) atoms. The monoisotopic (exact) mass is 227 g/mol. The predicted molar refractivity (Wildman–Crippen MR) is 55.8 cm³/mol. The maximum atomic E-state index is 4.47. The van der Waals surface area contributed by atoms with Crippen LogP contribution in [0.2, 0.25) is 0 Å². The van der Waals surface area contributed by atoms with Gasteiger partial charge >= 0.3 is 0 Å². The first kappa shape index (κ1) is 9.72. The summed E-state index contributed by atoms with van der Waals surface area (Å²) in [5.41, 5.74) is 6.31. The first-order chi connectivity index (χ1) is 5.57. The standard InChI is InChI=1S/C10H14BrN/c1-6-7(2)10(5-11)9(4)12-8(6)3/h5H2,1-4H3. The lowest BCUT2D eigenvalue weighted by Crippen LogP contribution is -2.00. The van der Waals surface area contributed by atoms with Gasteiger partial charge in [-0.05, 0) is 44.4 Å². The lowest BCUT2D eigenvalue weighted by atomic mass is 10.0. The molecule has 1 rings (SSSR count). The summed E-state index contributed by atoms with van der Waals surface area (Å²) in [4.78, 5) is 4.47. The van der Waals surface area contributed by atoms with E-state index in [9.17, 15) is 0 Å². The first-order valence-electron chi connectivity index (χ1n) is 4.07. The molecular weight excluding hydrogens is 214 g/mol. The van der Waals surface area contributed by atoms with E-state index in [0.717, 1.165) is 16.7 Å². The van der Waals surface area contributed by atoms with Crippen LogP contribution in [0.25, 0.3) is 0 Å². The van der Waals surface area contributed by atoms with Gasteiger partial charge in [0.25, 0.3) is 0 Å². The van der Waals surface area contributed by atoms with E-state index in [-0.39, 0.29) is 0 Å². The molecule has 0 saturated heterocycles. The molecule has 0 spiro atoms. The molecule has 1 aromatic heterocycles. The second-order valence-corrected chi connectivity index (χ2v) is 3.71. The summed E-state index contributed by atoms with van der Waals surface area (Å²) in [5, 5.41) is 0.902. The third-order valence-corrected chi connectivity index (χ3v) is 3.02. The zero-order valence-electron chi connectivity index (χ0n) is 8.03. The van der Waals surface area contributed by atoms with Crippen LogP contribution in [-0.2, 0) is 5.33 Å². The summed E-state index contributed by atoms with van der Waals surface area (Å²) in [5.74, 6) is 0. The number of nitrogens with zero attached hydrogens (tertiary/aromatic N) is 1. The molecule has 0 fully saturated rings. The largest absolute Gasteiger partial charge is 0.258 e. The molecule has 0 unspecified atom stereocenters. The number of alkyl halides is 1. The van der Waals surface area contributed by atoms with Crippen molar-refractivity contribution in [2.75, 3.05) is 0 Å². The predicted octanol–water partition coefficient (Wildman–Crippen LogP) is 3.21. The number of pyridine rings is 1. The first-order valence-corrected chi connectivity index (χ1v) is 5.19. The Bertz CT molecular complexity index is 305. The molecule has 0 aliphatic carbocycles. The maximum absolute atomic E-state index is 4.47. The van der Waals surface area contributed by atoms with Crippen molar-refractivity contribution in [3.63, 3.8) is 0 Å². The van der Waals surface area contributed by atoms with Crippen LogP contribution >= 0.6 is 15.9 Å². The molecule has 1 heterocycles. The highest BCUT2D eigenvalue weighted by Gasteiger charge is 2.07. The average molecular weight is 228 g/mol. The van der Waals surface area contributed by atoms with Gasteiger partial charge in [-0.3, -0.25) is 4.98 Å². The second-order valence-electron chi connectivity index (χ2n) is 3.14. The van der Waals surface area contributed by atoms with Crippen molar-refractivity contribution in [1.82, 2.24) is 4.98 Å². The minimum absolute atomic E-state index is 0.902. The van der Waals surface area contributed by atoms with E-state index in [2.05, 4.69) is 48.6 Å². The lowest BCUT2D eigenvalue weighted by molar-refractivity contribution is 1.03. The van der Waals surface area contributed by atoms with E-state index in [0.29, 0.717) is 0 Å². The minimum Gasteiger partial charge on any atom is -0.258 e. The minimum atomic E-state index is 0.902. The molecule has 66 valence electrons. The van der Waals surface area contributed by atoms with E-state index in [1.54, 1.807) is 0 Å². The van der Waals surface area contributed by atoms with Crippen molar-refractivity contribution in [1.29, 1.82) is 0 Å². The zero-order chi connectivity index (χ0) is 9.30. The number of halogens is 1. The fraction of sp³-hybridized carbons (Fsp3) is 0.500. The van der Waals surface area contributed by atoms with Crippen LogP contribution in [0.3, 0.4) is 0 Å². The Kier molecular flexibility index (Phi) is 2.89. The molecule has 1 aromatic rings. The average Bonchev–Trinajstić information content (AvgIpc) is 2.01. The van der Waals surface area contributed by atoms with Gasteiger partial charge in [0.05, 0.1) is 0 Å². The number of aromatic nitrogens is 1. The van der Waals surface area contributed by atoms with Gasteiger partial charge in [-0.15, -0.1) is 0 Å². The van der Waals surface area contributed by atoms with Crippen LogP contribution in [0.4, 0.5) is 0 Å². The van der Waals surface area contributed by atoms with Gasteiger partial charge in [0.2, 0.25) is 0 Å². The van der Waals surface area contributed by atoms with Gasteiger partial charge in [-0.25, -0.2) is 0 Å². The normalized spacial score (nSPS) is 10.4. The molecule has 0 saturated carbocycles. The maximum Gasteiger partial charge on any atom is 0.0419 e. The van der Waals surface area contributed by atoms with Gasteiger partial charge in [-0.1, -0.05) is 15.9 Å². The summed E-state index contributed by atoms with van der Waals surface area (Å²) in [6.45, 7) is 8.42. The summed E-state index contributed by atoms with van der Waals surface area (Å²) < 4.78 is 0. The van der Waals surface area contributed by atoms with Crippen molar-refractivity contribution >= 4 is 15.9 Å². The molecule has 0 bridgehead atoms. The third kappa shape index (κ3) is 1.53. The van der Waals surface area contributed by atoms with Gasteiger partial charge in [0, 0.05) is 16.7 Å². The summed E-state index contributed by atoms with van der Waals surface area (Å²) in [7, 11) is 0. The van der Waals surface area contributed by atoms with Gasteiger partial charge in [0.15, 0.2) is 0 Å². The number of aryl methyl sites for hydroxylation is 2. The van der Waals surface area contributed by atoms with Crippen LogP contribution in [0, 0.1) is 27.7 Å². The van der Waals surface area contributed by atoms with E-state index >= 15 is 0 Å². The Balaban J connectivity index is 3.40. The highest BCUT2D eigenvalue weighted by molar-refractivity contribution is 9.08. The molecule has 0 atom stereocenters. The topological polar surface area (TPSA) is 12.9 Å². The summed E-state index contributed by atoms with van der Waals surface area (Å²) in [6.07, 6.45) is 0. The van der Waals surface area contributed by atoms with Crippen LogP contribution in [-0.4, -0.2) is 4.98 Å². The SMILES string of the molecule is Cc1nc(C)c(CBr)c(C)c1C. The van der Waals surface area contributed by atoms with Crippen molar-refractivity contribution in [2.45, 2.75) is 33.0 Å². The number of hydrogen-bond donors (Lipinski definition) is 0. The lowest BCUT2D eigenvalue weighted by Gasteiger charge is -2.11. The zero-order valence-corrected chi connectivity index (χ0v) is 9.62. The van der Waals surface area contributed by atoms with Crippen LogP contribution < -0.4 is 0 Å². The quantitative estimate of drug-likeness (QED) is 0.672. The van der Waals surface area contributed by atoms with Crippen molar-refractivity contribution in [2.24, 2.45) is 0 Å². The fourth-order valence-corrected chi connectivity index (χ4v) is 2.20. The molecule has 0 N–H and O–H groups in total. The van der Waals surface area contributed by atoms with Crippen LogP contribution in [0.1, 0.15) is 28.1 Å². The summed E-state index contributed by atoms with van der Waals surface area (Å²) in [6, 6.07) is 0. The Labute approximate surface area is 82.3 Å². The Morgan fingerprint density at radius 1 is 1.00 bits per heavy atom. The Hall–Kier alpha value is -0.370. The highest BCUT2D eigenvalue weighted by Crippen LogP contribution is 2.20. The molecule has 0 aromatic carbocycles. The van der Waals surface area contributed by atoms with Crippen LogP contribution in [0.5, 0.6) is 0 Å². The van der Waals surface area contributed by atoms with Gasteiger partial charge in [0.1, 0.15) is 0 Å². The molecular formula is C10H14BrN. The fourth-order valence-electron chi connectivity index (χ4n) is 1.37. The Morgan fingerprint density at radius 2 is 1.58 bits per heavy atom. The smallest absolute Gasteiger partial charge is 0.0419 e. The molecule has 0 aliphatic rings. The van der Waals surface area contributed by atoms with Crippen molar-refractivity contribution in [3.05, 3.63) is 28.1 Å². The van der Waals surface area contributed by atoms with Crippen LogP contribution in [0.15, 0.2) is 0 Å². The van der Waals surface area contributed by atoms with E-state index in [1.807, 2.05) is 0 Å². The molecule has 1 nitrogen and oxygen atoms in total. The molecule has 0 radical (unpaired) electrons. The Morgan fingerprint density at radius 3 is 2.08 bits per heavy atom. The van der Waals surface area contributed by atoms with Gasteiger partial charge in [-0.2, -0.15) is 0 Å². The molecule has 0 amide bonds. The van der Waals surface area contributed by atoms with E-state index in [1.165, 1.54) is 16.7 Å². The number of rotatable bonds is 1. The van der Waals surface area contributed by atoms with Crippen molar-refractivity contribution in [3.8, 4) is 0 Å². The summed E-state index contributed by atoms with van der Waals surface area (Å²) >= 11 is 3.48. The second kappa shape index (κ2) is 3.56. The highest BCUT2D eigenvalue weighted by atomic mass is 79.9. The van der Waals surface area contributed by atoms with E-state index in [4.69, 9.17) is 0 Å². The molecule has 2 heteroatoms. The third-order valence-electron chi connectivity index (χ3n) is 2.46. The van der Waals surface area contributed by atoms with E-state index < -0.39 is 0 Å². The molecule has 0 aliphatic heterocycles. The van der Waals surface area contributed by atoms with Gasteiger partial charge < -0.3 is 0 Å².